The Kier molecular flexibility index (Phi) is 6.55. The number of halogens is 2. The van der Waals surface area contributed by atoms with Crippen LogP contribution in [0.4, 0.5) is 14.5 Å². The Hall–Kier alpha value is -2.99. The van der Waals surface area contributed by atoms with Gasteiger partial charge in [-0.2, -0.15) is 8.78 Å². The smallest absolute Gasteiger partial charge is 0.387 e. The third-order valence-corrected chi connectivity index (χ3v) is 4.42. The molecular formula is C22H20F2N2OS. The summed E-state index contributed by atoms with van der Waals surface area (Å²) in [6, 6.07) is 24.7. The van der Waals surface area contributed by atoms with Crippen molar-refractivity contribution in [3.63, 3.8) is 0 Å². The molecule has 1 atom stereocenters. The number of anilines is 1. The molecule has 0 aliphatic rings. The summed E-state index contributed by atoms with van der Waals surface area (Å²) in [5.74, 6) is 0.103. The van der Waals surface area contributed by atoms with Gasteiger partial charge in [-0.3, -0.25) is 0 Å². The molecule has 0 saturated carbocycles. The Labute approximate surface area is 168 Å². The Bertz CT molecular complexity index is 900. The van der Waals surface area contributed by atoms with Crippen LogP contribution in [0.2, 0.25) is 0 Å². The fourth-order valence-electron chi connectivity index (χ4n) is 2.76. The van der Waals surface area contributed by atoms with Gasteiger partial charge in [-0.25, -0.2) is 0 Å². The number of rotatable bonds is 6. The highest BCUT2D eigenvalue weighted by Gasteiger charge is 2.09. The summed E-state index contributed by atoms with van der Waals surface area (Å²) in [4.78, 5) is 0. The topological polar surface area (TPSA) is 33.3 Å². The molecule has 3 nitrogen and oxygen atoms in total. The zero-order valence-corrected chi connectivity index (χ0v) is 16.0. The first-order valence-corrected chi connectivity index (χ1v) is 9.20. The molecule has 6 heteroatoms. The van der Waals surface area contributed by atoms with E-state index in [4.69, 9.17) is 12.2 Å². The maximum atomic E-state index is 12.2. The van der Waals surface area contributed by atoms with E-state index in [0.717, 1.165) is 11.1 Å². The third kappa shape index (κ3) is 5.50. The Balaban J connectivity index is 1.56. The van der Waals surface area contributed by atoms with Gasteiger partial charge < -0.3 is 15.4 Å². The summed E-state index contributed by atoms with van der Waals surface area (Å²) in [6.45, 7) is -0.818. The molecule has 0 saturated heterocycles. The molecular weight excluding hydrogens is 378 g/mol. The van der Waals surface area contributed by atoms with E-state index in [2.05, 4.69) is 51.8 Å². The van der Waals surface area contributed by atoms with Gasteiger partial charge in [-0.1, -0.05) is 54.6 Å². The van der Waals surface area contributed by atoms with Crippen LogP contribution in [0.25, 0.3) is 11.1 Å². The van der Waals surface area contributed by atoms with E-state index in [1.807, 2.05) is 25.1 Å². The first-order valence-electron chi connectivity index (χ1n) is 8.79. The molecule has 0 amide bonds. The van der Waals surface area contributed by atoms with Gasteiger partial charge >= 0.3 is 6.61 Å². The van der Waals surface area contributed by atoms with Gasteiger partial charge in [0.05, 0.1) is 6.04 Å². The van der Waals surface area contributed by atoms with Crippen molar-refractivity contribution in [1.29, 1.82) is 0 Å². The van der Waals surface area contributed by atoms with Crippen LogP contribution in [0.1, 0.15) is 18.5 Å². The second-order valence-electron chi connectivity index (χ2n) is 6.21. The summed E-state index contributed by atoms with van der Waals surface area (Å²) < 4.78 is 28.7. The lowest BCUT2D eigenvalue weighted by Gasteiger charge is -2.18. The van der Waals surface area contributed by atoms with E-state index < -0.39 is 6.61 Å². The lowest BCUT2D eigenvalue weighted by atomic mass is 10.0. The van der Waals surface area contributed by atoms with E-state index in [1.54, 1.807) is 12.1 Å². The molecule has 144 valence electrons. The lowest BCUT2D eigenvalue weighted by Crippen LogP contribution is -2.30. The molecule has 0 aromatic heterocycles. The zero-order chi connectivity index (χ0) is 19.9. The van der Waals surface area contributed by atoms with E-state index in [1.165, 1.54) is 17.7 Å². The quantitative estimate of drug-likeness (QED) is 0.499. The molecule has 0 bridgehead atoms. The average Bonchev–Trinajstić information content (AvgIpc) is 2.70. The monoisotopic (exact) mass is 398 g/mol. The largest absolute Gasteiger partial charge is 0.435 e. The summed E-state index contributed by atoms with van der Waals surface area (Å²) in [6.07, 6.45) is 0. The van der Waals surface area contributed by atoms with Crippen LogP contribution < -0.4 is 15.4 Å². The van der Waals surface area contributed by atoms with E-state index in [9.17, 15) is 8.78 Å². The van der Waals surface area contributed by atoms with Gasteiger partial charge in [0.25, 0.3) is 0 Å². The van der Waals surface area contributed by atoms with E-state index in [0.29, 0.717) is 10.8 Å². The van der Waals surface area contributed by atoms with E-state index in [-0.39, 0.29) is 11.8 Å². The van der Waals surface area contributed by atoms with Crippen LogP contribution in [0.3, 0.4) is 0 Å². The van der Waals surface area contributed by atoms with Crippen LogP contribution in [0.15, 0.2) is 78.9 Å². The second-order valence-corrected chi connectivity index (χ2v) is 6.62. The van der Waals surface area contributed by atoms with Gasteiger partial charge in [0.15, 0.2) is 5.11 Å². The standard InChI is InChI=1S/C22H20F2N2OS/c1-15(16-7-9-18(10-8-16)17-5-3-2-4-6-17)25-22(28)26-19-11-13-20(14-12-19)27-21(23)24/h2-15,21H,1H3,(H2,25,26,28)/t15-/m0/s1. The number of hydrogen-bond donors (Lipinski definition) is 2. The highest BCUT2D eigenvalue weighted by atomic mass is 32.1. The SMILES string of the molecule is C[C@H](NC(=S)Nc1ccc(OC(F)F)cc1)c1ccc(-c2ccccc2)cc1. The number of benzene rings is 3. The predicted molar refractivity (Wildman–Crippen MR) is 113 cm³/mol. The van der Waals surface area contributed by atoms with Gasteiger partial charge in [-0.15, -0.1) is 0 Å². The number of alkyl halides is 2. The molecule has 0 aliphatic carbocycles. The summed E-state index contributed by atoms with van der Waals surface area (Å²) in [5, 5.41) is 6.70. The first kappa shape index (κ1) is 19.8. The average molecular weight is 398 g/mol. The number of thiocarbonyl (C=S) groups is 1. The Morgan fingerprint density at radius 2 is 1.46 bits per heavy atom. The highest BCUT2D eigenvalue weighted by Crippen LogP contribution is 2.22. The van der Waals surface area contributed by atoms with Crippen molar-refractivity contribution in [3.8, 4) is 16.9 Å². The summed E-state index contributed by atoms with van der Waals surface area (Å²) in [7, 11) is 0. The molecule has 2 N–H and O–H groups in total. The zero-order valence-electron chi connectivity index (χ0n) is 15.2. The molecule has 3 aromatic rings. The molecule has 0 fully saturated rings. The Morgan fingerprint density at radius 1 is 0.857 bits per heavy atom. The van der Waals surface area contributed by atoms with Gasteiger partial charge in [0, 0.05) is 5.69 Å². The van der Waals surface area contributed by atoms with Crippen molar-refractivity contribution in [2.24, 2.45) is 0 Å². The summed E-state index contributed by atoms with van der Waals surface area (Å²) in [5.41, 5.74) is 4.12. The molecule has 0 unspecified atom stereocenters. The first-order chi connectivity index (χ1) is 13.5. The minimum atomic E-state index is -2.84. The normalized spacial score (nSPS) is 11.7. The molecule has 0 spiro atoms. The van der Waals surface area contributed by atoms with Crippen molar-refractivity contribution in [2.45, 2.75) is 19.6 Å². The van der Waals surface area contributed by atoms with E-state index >= 15 is 0 Å². The fourth-order valence-corrected chi connectivity index (χ4v) is 3.06. The van der Waals surface area contributed by atoms with Crippen LogP contribution in [0.5, 0.6) is 5.75 Å². The maximum absolute atomic E-state index is 12.2. The number of hydrogen-bond acceptors (Lipinski definition) is 2. The minimum Gasteiger partial charge on any atom is -0.435 e. The Morgan fingerprint density at radius 3 is 2.07 bits per heavy atom. The third-order valence-electron chi connectivity index (χ3n) is 4.20. The number of nitrogens with one attached hydrogen (secondary N) is 2. The fraction of sp³-hybridized carbons (Fsp3) is 0.136. The van der Waals surface area contributed by atoms with Crippen molar-refractivity contribution in [3.05, 3.63) is 84.4 Å². The molecule has 28 heavy (non-hydrogen) atoms. The van der Waals surface area contributed by atoms with Gasteiger partial charge in [-0.05, 0) is 60.1 Å². The second kappa shape index (κ2) is 9.28. The minimum absolute atomic E-state index is 0.00580. The number of ether oxygens (including phenoxy) is 1. The van der Waals surface area contributed by atoms with Crippen molar-refractivity contribution in [1.82, 2.24) is 5.32 Å². The summed E-state index contributed by atoms with van der Waals surface area (Å²) >= 11 is 5.34. The van der Waals surface area contributed by atoms with Crippen LogP contribution in [-0.2, 0) is 0 Å². The van der Waals surface area contributed by atoms with Crippen molar-refractivity contribution < 1.29 is 13.5 Å². The lowest BCUT2D eigenvalue weighted by molar-refractivity contribution is -0.0498. The van der Waals surface area contributed by atoms with Crippen LogP contribution in [0, 0.1) is 0 Å². The molecule has 0 radical (unpaired) electrons. The van der Waals surface area contributed by atoms with Crippen LogP contribution in [-0.4, -0.2) is 11.7 Å². The molecule has 0 heterocycles. The van der Waals surface area contributed by atoms with Gasteiger partial charge in [0.2, 0.25) is 0 Å². The van der Waals surface area contributed by atoms with Crippen molar-refractivity contribution >= 4 is 23.0 Å². The molecule has 0 aliphatic heterocycles. The van der Waals surface area contributed by atoms with Gasteiger partial charge in [0.1, 0.15) is 5.75 Å². The predicted octanol–water partition coefficient (Wildman–Crippen LogP) is 6.00. The molecule has 3 rings (SSSR count). The maximum Gasteiger partial charge on any atom is 0.387 e. The van der Waals surface area contributed by atoms with Crippen LogP contribution >= 0.6 is 12.2 Å². The highest BCUT2D eigenvalue weighted by molar-refractivity contribution is 7.80. The molecule has 3 aromatic carbocycles. The van der Waals surface area contributed by atoms with Crippen molar-refractivity contribution in [2.75, 3.05) is 5.32 Å².